The van der Waals surface area contributed by atoms with Crippen molar-refractivity contribution in [1.29, 1.82) is 0 Å². The van der Waals surface area contributed by atoms with E-state index in [1.807, 2.05) is 36.5 Å². The summed E-state index contributed by atoms with van der Waals surface area (Å²) < 4.78 is 40.1. The Morgan fingerprint density at radius 2 is 2.05 bits per heavy atom. The number of thiophene rings is 1. The highest BCUT2D eigenvalue weighted by atomic mass is 32.2. The zero-order valence-corrected chi connectivity index (χ0v) is 13.4. The molecule has 1 aromatic carbocycles. The first-order chi connectivity index (χ1) is 9.90. The van der Waals surface area contributed by atoms with Crippen molar-refractivity contribution in [2.75, 3.05) is 20.6 Å². The zero-order chi connectivity index (χ0) is 15.5. The van der Waals surface area contributed by atoms with E-state index >= 15 is 0 Å². The Balaban J connectivity index is 2.13. The lowest BCUT2D eigenvalue weighted by atomic mass is 10.2. The molecular formula is C14H17FN2O2S2. The smallest absolute Gasteiger partial charge is 0.240 e. The van der Waals surface area contributed by atoms with Crippen molar-refractivity contribution in [2.24, 2.45) is 0 Å². The van der Waals surface area contributed by atoms with Crippen LogP contribution in [0.5, 0.6) is 0 Å². The topological polar surface area (TPSA) is 49.4 Å². The minimum Gasteiger partial charge on any atom is -0.300 e. The molecule has 0 spiro atoms. The molecule has 1 N–H and O–H groups in total. The van der Waals surface area contributed by atoms with E-state index in [0.717, 1.165) is 10.9 Å². The number of benzene rings is 1. The second-order valence-corrected chi connectivity index (χ2v) is 7.55. The van der Waals surface area contributed by atoms with Gasteiger partial charge in [-0.05, 0) is 43.7 Å². The number of hydrogen-bond donors (Lipinski definition) is 1. The van der Waals surface area contributed by atoms with Gasteiger partial charge in [0.05, 0.1) is 10.9 Å². The minimum absolute atomic E-state index is 0.0617. The zero-order valence-electron chi connectivity index (χ0n) is 11.8. The molecule has 0 aliphatic rings. The lowest BCUT2D eigenvalue weighted by Gasteiger charge is -2.23. The van der Waals surface area contributed by atoms with Crippen LogP contribution in [0.2, 0.25) is 0 Å². The summed E-state index contributed by atoms with van der Waals surface area (Å²) in [5.74, 6) is -0.569. The third-order valence-electron chi connectivity index (χ3n) is 3.07. The first-order valence-electron chi connectivity index (χ1n) is 6.35. The van der Waals surface area contributed by atoms with Crippen LogP contribution in [0.1, 0.15) is 10.9 Å². The number of sulfonamides is 1. The minimum atomic E-state index is -3.71. The van der Waals surface area contributed by atoms with Crippen LogP contribution in [0.3, 0.4) is 0 Å². The predicted molar refractivity (Wildman–Crippen MR) is 82.3 cm³/mol. The number of nitrogens with one attached hydrogen (secondary N) is 1. The Bertz CT molecular complexity index is 685. The van der Waals surface area contributed by atoms with Gasteiger partial charge in [0, 0.05) is 11.4 Å². The van der Waals surface area contributed by atoms with Crippen molar-refractivity contribution in [3.8, 4) is 0 Å². The van der Waals surface area contributed by atoms with Gasteiger partial charge >= 0.3 is 0 Å². The molecule has 0 saturated heterocycles. The molecule has 0 aliphatic heterocycles. The van der Waals surface area contributed by atoms with Crippen LogP contribution in [0.15, 0.2) is 46.7 Å². The maximum Gasteiger partial charge on any atom is 0.240 e. The Morgan fingerprint density at radius 1 is 1.29 bits per heavy atom. The SMILES string of the molecule is CN(C)C(CNS(=O)(=O)c1cccc(F)c1)c1cccs1. The Hall–Kier alpha value is -1.28. The summed E-state index contributed by atoms with van der Waals surface area (Å²) in [4.78, 5) is 2.95. The molecule has 0 radical (unpaired) electrons. The van der Waals surface area contributed by atoms with E-state index < -0.39 is 15.8 Å². The van der Waals surface area contributed by atoms with Gasteiger partial charge in [0.15, 0.2) is 0 Å². The van der Waals surface area contributed by atoms with Gasteiger partial charge in [0.25, 0.3) is 0 Å². The molecule has 2 aromatic rings. The molecule has 1 unspecified atom stereocenters. The summed E-state index contributed by atoms with van der Waals surface area (Å²) in [7, 11) is 0.0650. The highest BCUT2D eigenvalue weighted by Gasteiger charge is 2.20. The molecule has 4 nitrogen and oxygen atoms in total. The molecule has 1 aromatic heterocycles. The average molecular weight is 328 g/mol. The molecule has 1 heterocycles. The van der Waals surface area contributed by atoms with E-state index in [4.69, 9.17) is 0 Å². The van der Waals surface area contributed by atoms with Crippen LogP contribution in [0, 0.1) is 5.82 Å². The highest BCUT2D eigenvalue weighted by Crippen LogP contribution is 2.23. The highest BCUT2D eigenvalue weighted by molar-refractivity contribution is 7.89. The van der Waals surface area contributed by atoms with E-state index in [-0.39, 0.29) is 17.5 Å². The first kappa shape index (κ1) is 16.1. The number of likely N-dealkylation sites (N-methyl/N-ethyl adjacent to an activating group) is 1. The van der Waals surface area contributed by atoms with E-state index in [1.54, 1.807) is 11.3 Å². The van der Waals surface area contributed by atoms with Gasteiger partial charge in [-0.1, -0.05) is 12.1 Å². The van der Waals surface area contributed by atoms with Gasteiger partial charge in [-0.25, -0.2) is 17.5 Å². The monoisotopic (exact) mass is 328 g/mol. The van der Waals surface area contributed by atoms with Gasteiger partial charge in [-0.2, -0.15) is 0 Å². The Kier molecular flexibility index (Phi) is 5.10. The van der Waals surface area contributed by atoms with Crippen molar-refractivity contribution in [2.45, 2.75) is 10.9 Å². The van der Waals surface area contributed by atoms with Crippen LogP contribution in [-0.2, 0) is 10.0 Å². The third kappa shape index (κ3) is 4.10. The largest absolute Gasteiger partial charge is 0.300 e. The summed E-state index contributed by atoms with van der Waals surface area (Å²) in [5, 5.41) is 1.95. The molecule has 7 heteroatoms. The van der Waals surface area contributed by atoms with Gasteiger partial charge in [0.1, 0.15) is 5.82 Å². The molecule has 0 saturated carbocycles. The summed E-state index contributed by atoms with van der Waals surface area (Å²) >= 11 is 1.57. The van der Waals surface area contributed by atoms with Crippen LogP contribution < -0.4 is 4.72 Å². The Labute approximate surface area is 128 Å². The van der Waals surface area contributed by atoms with Gasteiger partial charge in [-0.3, -0.25) is 0 Å². The fourth-order valence-electron chi connectivity index (χ4n) is 1.92. The maximum absolute atomic E-state index is 13.1. The van der Waals surface area contributed by atoms with Gasteiger partial charge < -0.3 is 4.90 Å². The Morgan fingerprint density at radius 3 is 2.62 bits per heavy atom. The standard InChI is InChI=1S/C14H17FN2O2S2/c1-17(2)13(14-7-4-8-20-14)10-16-21(18,19)12-6-3-5-11(15)9-12/h3-9,13,16H,10H2,1-2H3. The summed E-state index contributed by atoms with van der Waals surface area (Å²) in [6.07, 6.45) is 0. The second kappa shape index (κ2) is 6.65. The molecule has 0 amide bonds. The second-order valence-electron chi connectivity index (χ2n) is 4.80. The van der Waals surface area contributed by atoms with E-state index in [1.165, 1.54) is 18.2 Å². The first-order valence-corrected chi connectivity index (χ1v) is 8.71. The summed E-state index contributed by atoms with van der Waals surface area (Å²) in [5.41, 5.74) is 0. The molecule has 0 fully saturated rings. The van der Waals surface area contributed by atoms with Crippen molar-refractivity contribution >= 4 is 21.4 Å². The van der Waals surface area contributed by atoms with Crippen LogP contribution in [0.4, 0.5) is 4.39 Å². The molecular weight excluding hydrogens is 311 g/mol. The van der Waals surface area contributed by atoms with E-state index in [0.29, 0.717) is 0 Å². The lowest BCUT2D eigenvalue weighted by molar-refractivity contribution is 0.303. The number of rotatable bonds is 6. The number of nitrogens with zero attached hydrogens (tertiary/aromatic N) is 1. The van der Waals surface area contributed by atoms with Crippen LogP contribution >= 0.6 is 11.3 Å². The van der Waals surface area contributed by atoms with E-state index in [9.17, 15) is 12.8 Å². The third-order valence-corrected chi connectivity index (χ3v) is 5.46. The molecule has 1 atom stereocenters. The van der Waals surface area contributed by atoms with Crippen LogP contribution in [0.25, 0.3) is 0 Å². The average Bonchev–Trinajstić information content (AvgIpc) is 2.92. The van der Waals surface area contributed by atoms with Crippen LogP contribution in [-0.4, -0.2) is 34.0 Å². The maximum atomic E-state index is 13.1. The summed E-state index contributed by atoms with van der Waals surface area (Å²) in [6, 6.07) is 8.82. The summed E-state index contributed by atoms with van der Waals surface area (Å²) in [6.45, 7) is 0.229. The van der Waals surface area contributed by atoms with Gasteiger partial charge in [0.2, 0.25) is 10.0 Å². The quantitative estimate of drug-likeness (QED) is 0.886. The van der Waals surface area contributed by atoms with Crippen molar-refractivity contribution in [3.63, 3.8) is 0 Å². The molecule has 0 bridgehead atoms. The van der Waals surface area contributed by atoms with Crippen molar-refractivity contribution in [3.05, 3.63) is 52.5 Å². The normalized spacial score (nSPS) is 13.5. The molecule has 0 aliphatic carbocycles. The molecule has 2 rings (SSSR count). The number of hydrogen-bond acceptors (Lipinski definition) is 4. The van der Waals surface area contributed by atoms with Crippen molar-refractivity contribution in [1.82, 2.24) is 9.62 Å². The lowest BCUT2D eigenvalue weighted by Crippen LogP contribution is -2.34. The fraction of sp³-hybridized carbons (Fsp3) is 0.286. The number of halogens is 1. The van der Waals surface area contributed by atoms with Crippen molar-refractivity contribution < 1.29 is 12.8 Å². The molecule has 21 heavy (non-hydrogen) atoms. The predicted octanol–water partition coefficient (Wildman–Crippen LogP) is 2.47. The molecule has 114 valence electrons. The fourth-order valence-corrected chi connectivity index (χ4v) is 3.92. The van der Waals surface area contributed by atoms with Gasteiger partial charge in [-0.15, -0.1) is 11.3 Å². The van der Waals surface area contributed by atoms with E-state index in [2.05, 4.69) is 4.72 Å².